The van der Waals surface area contributed by atoms with Crippen LogP contribution < -0.4 is 15.4 Å². The monoisotopic (exact) mass is 450 g/mol. The molecule has 144 valence electrons. The molecular formula is C20H23BrN2O3S. The number of aryl methyl sites for hydroxylation is 1. The molecule has 7 heteroatoms. The topological polar surface area (TPSA) is 67.4 Å². The molecule has 0 saturated carbocycles. The lowest BCUT2D eigenvalue weighted by Gasteiger charge is -2.26. The Labute approximate surface area is 171 Å². The van der Waals surface area contributed by atoms with Crippen molar-refractivity contribution < 1.29 is 14.3 Å². The third-order valence-corrected chi connectivity index (χ3v) is 6.00. The minimum absolute atomic E-state index is 0.0704. The van der Waals surface area contributed by atoms with E-state index < -0.39 is 5.41 Å². The van der Waals surface area contributed by atoms with Crippen LogP contribution in [0.25, 0.3) is 0 Å². The first-order valence-corrected chi connectivity index (χ1v) is 10.4. The predicted molar refractivity (Wildman–Crippen MR) is 112 cm³/mol. The number of carbonyl (C=O) groups is 2. The highest BCUT2D eigenvalue weighted by molar-refractivity contribution is 9.10. The number of hydrogen-bond acceptors (Lipinski definition) is 4. The minimum atomic E-state index is -0.487. The third-order valence-electron chi connectivity index (χ3n) is 4.36. The Kier molecular flexibility index (Phi) is 5.63. The second-order valence-electron chi connectivity index (χ2n) is 7.67. The van der Waals surface area contributed by atoms with Gasteiger partial charge in [0.15, 0.2) is 0 Å². The van der Waals surface area contributed by atoms with Gasteiger partial charge in [-0.15, -0.1) is 11.3 Å². The van der Waals surface area contributed by atoms with E-state index in [4.69, 9.17) is 4.74 Å². The van der Waals surface area contributed by atoms with Crippen LogP contribution in [0.15, 0.2) is 28.7 Å². The van der Waals surface area contributed by atoms with Crippen LogP contribution in [-0.2, 0) is 4.79 Å². The fourth-order valence-electron chi connectivity index (χ4n) is 2.81. The van der Waals surface area contributed by atoms with Crippen LogP contribution in [0.3, 0.4) is 0 Å². The fraction of sp³-hybridized carbons (Fsp3) is 0.400. The standard InChI is InChI=1S/C20H23BrN2O3S/c1-11-9-16(23-19(25)20(2,3)4)27-17(11)18(24)22-14-7-8-26-15-6-5-12(21)10-13(14)15/h5-6,9-10,14H,7-8H2,1-4H3,(H,22,24)(H,23,25). The van der Waals surface area contributed by atoms with E-state index in [-0.39, 0.29) is 17.9 Å². The smallest absolute Gasteiger partial charge is 0.262 e. The number of fused-ring (bicyclic) bond motifs is 1. The third kappa shape index (κ3) is 4.52. The van der Waals surface area contributed by atoms with Gasteiger partial charge in [-0.3, -0.25) is 9.59 Å². The quantitative estimate of drug-likeness (QED) is 0.686. The van der Waals surface area contributed by atoms with Crippen LogP contribution in [0.1, 0.15) is 54.0 Å². The second kappa shape index (κ2) is 7.64. The molecule has 2 amide bonds. The van der Waals surface area contributed by atoms with Gasteiger partial charge in [0, 0.05) is 21.9 Å². The highest BCUT2D eigenvalue weighted by Gasteiger charge is 2.26. The molecule has 0 aliphatic carbocycles. The van der Waals surface area contributed by atoms with Crippen molar-refractivity contribution in [3.05, 3.63) is 44.7 Å². The molecule has 1 aliphatic heterocycles. The van der Waals surface area contributed by atoms with Crippen molar-refractivity contribution in [2.45, 2.75) is 40.2 Å². The molecule has 1 aromatic heterocycles. The van der Waals surface area contributed by atoms with Gasteiger partial charge in [0.05, 0.1) is 22.5 Å². The van der Waals surface area contributed by atoms with Crippen LogP contribution in [0.2, 0.25) is 0 Å². The molecule has 1 unspecified atom stereocenters. The maximum Gasteiger partial charge on any atom is 0.262 e. The number of thiophene rings is 1. The Morgan fingerprint density at radius 3 is 2.70 bits per heavy atom. The Bertz CT molecular complexity index is 886. The van der Waals surface area contributed by atoms with Gasteiger partial charge in [0.2, 0.25) is 5.91 Å². The zero-order valence-corrected chi connectivity index (χ0v) is 18.2. The number of benzene rings is 1. The summed E-state index contributed by atoms with van der Waals surface area (Å²) in [4.78, 5) is 25.7. The molecule has 1 aliphatic rings. The van der Waals surface area contributed by atoms with Gasteiger partial charge in [-0.1, -0.05) is 36.7 Å². The molecule has 0 saturated heterocycles. The maximum atomic E-state index is 12.9. The average Bonchev–Trinajstić information content (AvgIpc) is 2.95. The molecule has 3 rings (SSSR count). The molecule has 0 radical (unpaired) electrons. The summed E-state index contributed by atoms with van der Waals surface area (Å²) >= 11 is 4.78. The lowest BCUT2D eigenvalue weighted by atomic mass is 9.96. The molecule has 2 heterocycles. The zero-order valence-electron chi connectivity index (χ0n) is 15.8. The normalized spacial score (nSPS) is 16.3. The van der Waals surface area contributed by atoms with Crippen molar-refractivity contribution in [3.8, 4) is 5.75 Å². The summed E-state index contributed by atoms with van der Waals surface area (Å²) in [5.74, 6) is 0.598. The first kappa shape index (κ1) is 19.9. The van der Waals surface area contributed by atoms with Gasteiger partial charge in [0.25, 0.3) is 5.91 Å². The zero-order chi connectivity index (χ0) is 19.8. The van der Waals surface area contributed by atoms with Crippen molar-refractivity contribution in [1.82, 2.24) is 5.32 Å². The number of ether oxygens (including phenoxy) is 1. The van der Waals surface area contributed by atoms with Gasteiger partial charge in [-0.25, -0.2) is 0 Å². The number of amides is 2. The lowest BCUT2D eigenvalue weighted by molar-refractivity contribution is -0.123. The van der Waals surface area contributed by atoms with E-state index in [9.17, 15) is 9.59 Å². The maximum absolute atomic E-state index is 12.9. The molecule has 0 spiro atoms. The largest absolute Gasteiger partial charge is 0.493 e. The molecule has 5 nitrogen and oxygen atoms in total. The molecule has 1 atom stereocenters. The van der Waals surface area contributed by atoms with Gasteiger partial charge < -0.3 is 15.4 Å². The number of halogens is 1. The average molecular weight is 451 g/mol. The molecule has 2 N–H and O–H groups in total. The van der Waals surface area contributed by atoms with Gasteiger partial charge in [0.1, 0.15) is 5.75 Å². The van der Waals surface area contributed by atoms with E-state index in [0.717, 1.165) is 21.3 Å². The summed E-state index contributed by atoms with van der Waals surface area (Å²) in [5.41, 5.74) is 1.34. The summed E-state index contributed by atoms with van der Waals surface area (Å²) in [6.45, 7) is 8.02. The predicted octanol–water partition coefficient (Wildman–Crippen LogP) is 5.06. The van der Waals surface area contributed by atoms with Crippen molar-refractivity contribution in [1.29, 1.82) is 0 Å². The van der Waals surface area contributed by atoms with Gasteiger partial charge in [-0.2, -0.15) is 0 Å². The number of nitrogens with one attached hydrogen (secondary N) is 2. The lowest BCUT2D eigenvalue weighted by Crippen LogP contribution is -2.32. The Morgan fingerprint density at radius 1 is 1.26 bits per heavy atom. The molecule has 2 aromatic rings. The van der Waals surface area contributed by atoms with E-state index in [2.05, 4.69) is 26.6 Å². The highest BCUT2D eigenvalue weighted by atomic mass is 79.9. The Morgan fingerprint density at radius 2 is 2.00 bits per heavy atom. The van der Waals surface area contributed by atoms with Crippen molar-refractivity contribution >= 4 is 44.1 Å². The molecule has 27 heavy (non-hydrogen) atoms. The van der Waals surface area contributed by atoms with E-state index in [1.54, 1.807) is 0 Å². The van der Waals surface area contributed by atoms with Crippen molar-refractivity contribution in [3.63, 3.8) is 0 Å². The first-order chi connectivity index (χ1) is 12.6. The minimum Gasteiger partial charge on any atom is -0.493 e. The van der Waals surface area contributed by atoms with Gasteiger partial charge in [-0.05, 0) is 36.8 Å². The van der Waals surface area contributed by atoms with Crippen LogP contribution in [0.5, 0.6) is 5.75 Å². The van der Waals surface area contributed by atoms with Crippen molar-refractivity contribution in [2.75, 3.05) is 11.9 Å². The van der Waals surface area contributed by atoms with Crippen LogP contribution in [0, 0.1) is 12.3 Å². The number of carbonyl (C=O) groups excluding carboxylic acids is 2. The van der Waals surface area contributed by atoms with Crippen LogP contribution in [0.4, 0.5) is 5.00 Å². The summed E-state index contributed by atoms with van der Waals surface area (Å²) in [5, 5.41) is 6.70. The Balaban J connectivity index is 1.76. The summed E-state index contributed by atoms with van der Waals surface area (Å²) in [6.07, 6.45) is 0.716. The Hall–Kier alpha value is -1.86. The van der Waals surface area contributed by atoms with Crippen LogP contribution in [-0.4, -0.2) is 18.4 Å². The summed E-state index contributed by atoms with van der Waals surface area (Å²) in [7, 11) is 0. The SMILES string of the molecule is Cc1cc(NC(=O)C(C)(C)C)sc1C(=O)NC1CCOc2ccc(Br)cc21. The van der Waals surface area contributed by atoms with E-state index in [1.165, 1.54) is 11.3 Å². The van der Waals surface area contributed by atoms with E-state index in [0.29, 0.717) is 22.9 Å². The molecule has 1 aromatic carbocycles. The number of rotatable bonds is 3. The highest BCUT2D eigenvalue weighted by Crippen LogP contribution is 2.35. The van der Waals surface area contributed by atoms with Crippen molar-refractivity contribution in [2.24, 2.45) is 5.41 Å². The summed E-state index contributed by atoms with van der Waals surface area (Å²) in [6, 6.07) is 7.56. The van der Waals surface area contributed by atoms with E-state index in [1.807, 2.05) is 52.0 Å². The summed E-state index contributed by atoms with van der Waals surface area (Å²) < 4.78 is 6.63. The molecule has 0 fully saturated rings. The van der Waals surface area contributed by atoms with Gasteiger partial charge >= 0.3 is 0 Å². The molecule has 0 bridgehead atoms. The first-order valence-electron chi connectivity index (χ1n) is 8.80. The molecular weight excluding hydrogens is 428 g/mol. The second-order valence-corrected chi connectivity index (χ2v) is 9.64. The van der Waals surface area contributed by atoms with Crippen LogP contribution >= 0.6 is 27.3 Å². The fourth-order valence-corrected chi connectivity index (χ4v) is 4.16. The van der Waals surface area contributed by atoms with E-state index >= 15 is 0 Å². The number of anilines is 1. The number of hydrogen-bond donors (Lipinski definition) is 2.